The number of guanidine groups is 1. The van der Waals surface area contributed by atoms with Crippen LogP contribution in [0.2, 0.25) is 0 Å². The Morgan fingerprint density at radius 1 is 1.23 bits per heavy atom. The first-order valence-electron chi connectivity index (χ1n) is 7.22. The summed E-state index contributed by atoms with van der Waals surface area (Å²) in [5.74, 6) is 1.48. The molecule has 1 aromatic carbocycles. The molecule has 0 aromatic heterocycles. The van der Waals surface area contributed by atoms with Crippen molar-refractivity contribution in [3.8, 4) is 5.75 Å². The fourth-order valence-electron chi connectivity index (χ4n) is 1.87. The molecule has 0 bridgehead atoms. The zero-order chi connectivity index (χ0) is 16.6. The standard InChI is InChI=1S/C16H26N4O2/c1-16(2,14(21)17-3)11-20-15(18-4)19-10-12-6-8-13(22-5)9-7-12/h6-9H,10-11H2,1-5H3,(H,17,21)(H2,18,19,20). The van der Waals surface area contributed by atoms with Crippen molar-refractivity contribution < 1.29 is 9.53 Å². The summed E-state index contributed by atoms with van der Waals surface area (Å²) in [4.78, 5) is 15.9. The number of ether oxygens (including phenoxy) is 1. The SMILES string of the molecule is CN=C(NCc1ccc(OC)cc1)NCC(C)(C)C(=O)NC. The molecule has 22 heavy (non-hydrogen) atoms. The number of benzene rings is 1. The van der Waals surface area contributed by atoms with Crippen LogP contribution in [0.15, 0.2) is 29.3 Å². The Hall–Kier alpha value is -2.24. The average Bonchev–Trinajstić information content (AvgIpc) is 2.54. The third-order valence-electron chi connectivity index (χ3n) is 3.38. The normalized spacial score (nSPS) is 11.8. The third-order valence-corrected chi connectivity index (χ3v) is 3.38. The van der Waals surface area contributed by atoms with Crippen molar-refractivity contribution in [3.63, 3.8) is 0 Å². The lowest BCUT2D eigenvalue weighted by molar-refractivity contribution is -0.128. The van der Waals surface area contributed by atoms with Crippen molar-refractivity contribution in [2.24, 2.45) is 10.4 Å². The summed E-state index contributed by atoms with van der Waals surface area (Å²) in [5.41, 5.74) is 0.612. The molecule has 0 aliphatic rings. The van der Waals surface area contributed by atoms with Gasteiger partial charge in [-0.05, 0) is 31.5 Å². The van der Waals surface area contributed by atoms with Gasteiger partial charge < -0.3 is 20.7 Å². The van der Waals surface area contributed by atoms with Crippen molar-refractivity contribution in [3.05, 3.63) is 29.8 Å². The summed E-state index contributed by atoms with van der Waals surface area (Å²) in [6, 6.07) is 7.82. The molecule has 1 rings (SSSR count). The van der Waals surface area contributed by atoms with Gasteiger partial charge in [0.05, 0.1) is 12.5 Å². The highest BCUT2D eigenvalue weighted by atomic mass is 16.5. The fourth-order valence-corrected chi connectivity index (χ4v) is 1.87. The van der Waals surface area contributed by atoms with Crippen molar-refractivity contribution in [2.75, 3.05) is 27.7 Å². The molecular formula is C16H26N4O2. The predicted octanol–water partition coefficient (Wildman–Crippen LogP) is 1.13. The van der Waals surface area contributed by atoms with Crippen molar-refractivity contribution in [2.45, 2.75) is 20.4 Å². The molecule has 0 aliphatic carbocycles. The van der Waals surface area contributed by atoms with E-state index >= 15 is 0 Å². The van der Waals surface area contributed by atoms with Gasteiger partial charge in [-0.15, -0.1) is 0 Å². The van der Waals surface area contributed by atoms with E-state index in [0.29, 0.717) is 19.0 Å². The molecule has 0 aliphatic heterocycles. The summed E-state index contributed by atoms with van der Waals surface area (Å²) in [7, 11) is 4.99. The fraction of sp³-hybridized carbons (Fsp3) is 0.500. The van der Waals surface area contributed by atoms with Crippen LogP contribution in [0.25, 0.3) is 0 Å². The molecule has 3 N–H and O–H groups in total. The van der Waals surface area contributed by atoms with Crippen LogP contribution in [0.3, 0.4) is 0 Å². The molecule has 6 heteroatoms. The van der Waals surface area contributed by atoms with Crippen molar-refractivity contribution >= 4 is 11.9 Å². The minimum Gasteiger partial charge on any atom is -0.497 e. The van der Waals surface area contributed by atoms with E-state index in [1.807, 2.05) is 38.1 Å². The summed E-state index contributed by atoms with van der Waals surface area (Å²) in [5, 5.41) is 9.05. The lowest BCUT2D eigenvalue weighted by Gasteiger charge is -2.24. The minimum absolute atomic E-state index is 0.00870. The van der Waals surface area contributed by atoms with Crippen LogP contribution >= 0.6 is 0 Å². The quantitative estimate of drug-likeness (QED) is 0.544. The first kappa shape index (κ1) is 17.8. The molecule has 1 amide bonds. The maximum absolute atomic E-state index is 11.8. The zero-order valence-electron chi connectivity index (χ0n) is 14.0. The summed E-state index contributed by atoms with van der Waals surface area (Å²) in [6.45, 7) is 4.91. The highest BCUT2D eigenvalue weighted by Gasteiger charge is 2.26. The first-order valence-corrected chi connectivity index (χ1v) is 7.22. The summed E-state index contributed by atoms with van der Waals surface area (Å²) >= 11 is 0. The number of hydrogen-bond donors (Lipinski definition) is 3. The van der Waals surface area contributed by atoms with Gasteiger partial charge in [0.2, 0.25) is 5.91 Å². The second-order valence-corrected chi connectivity index (χ2v) is 5.59. The van der Waals surface area contributed by atoms with E-state index in [1.54, 1.807) is 21.2 Å². The lowest BCUT2D eigenvalue weighted by Crippen LogP contribution is -2.47. The van der Waals surface area contributed by atoms with Gasteiger partial charge in [0.1, 0.15) is 5.75 Å². The second kappa shape index (κ2) is 8.26. The van der Waals surface area contributed by atoms with E-state index in [9.17, 15) is 4.79 Å². The number of methoxy groups -OCH3 is 1. The van der Waals surface area contributed by atoms with Gasteiger partial charge in [-0.1, -0.05) is 12.1 Å². The molecule has 0 fully saturated rings. The Balaban J connectivity index is 2.50. The third kappa shape index (κ3) is 5.27. The Morgan fingerprint density at radius 2 is 1.86 bits per heavy atom. The van der Waals surface area contributed by atoms with Gasteiger partial charge in [-0.25, -0.2) is 0 Å². The van der Waals surface area contributed by atoms with E-state index in [-0.39, 0.29) is 5.91 Å². The smallest absolute Gasteiger partial charge is 0.227 e. The summed E-state index contributed by atoms with van der Waals surface area (Å²) < 4.78 is 5.13. The molecule has 0 radical (unpaired) electrons. The molecule has 0 saturated heterocycles. The number of carbonyl (C=O) groups excluding carboxylic acids is 1. The molecule has 0 saturated carbocycles. The van der Waals surface area contributed by atoms with Crippen LogP contribution in [-0.2, 0) is 11.3 Å². The van der Waals surface area contributed by atoms with Crippen LogP contribution in [0.5, 0.6) is 5.75 Å². The topological polar surface area (TPSA) is 74.8 Å². The van der Waals surface area contributed by atoms with E-state index in [0.717, 1.165) is 11.3 Å². The molecule has 0 heterocycles. The minimum atomic E-state index is -0.507. The molecule has 122 valence electrons. The van der Waals surface area contributed by atoms with Gasteiger partial charge in [-0.3, -0.25) is 9.79 Å². The van der Waals surface area contributed by atoms with Crippen LogP contribution in [0.4, 0.5) is 0 Å². The maximum Gasteiger partial charge on any atom is 0.227 e. The number of hydrogen-bond acceptors (Lipinski definition) is 3. The van der Waals surface area contributed by atoms with Crippen LogP contribution in [0.1, 0.15) is 19.4 Å². The van der Waals surface area contributed by atoms with Gasteiger partial charge in [0.25, 0.3) is 0 Å². The number of carbonyl (C=O) groups is 1. The lowest BCUT2D eigenvalue weighted by atomic mass is 9.92. The average molecular weight is 306 g/mol. The van der Waals surface area contributed by atoms with Gasteiger partial charge >= 0.3 is 0 Å². The molecular weight excluding hydrogens is 280 g/mol. The van der Waals surface area contributed by atoms with Gasteiger partial charge in [0, 0.05) is 27.2 Å². The van der Waals surface area contributed by atoms with E-state index in [1.165, 1.54) is 0 Å². The molecule has 0 spiro atoms. The Bertz CT molecular complexity index is 509. The highest BCUT2D eigenvalue weighted by Crippen LogP contribution is 2.13. The number of nitrogens with zero attached hydrogens (tertiary/aromatic N) is 1. The highest BCUT2D eigenvalue weighted by molar-refractivity contribution is 5.84. The molecule has 0 unspecified atom stereocenters. The van der Waals surface area contributed by atoms with Crippen molar-refractivity contribution in [1.29, 1.82) is 0 Å². The Morgan fingerprint density at radius 3 is 2.36 bits per heavy atom. The molecule has 1 aromatic rings. The van der Waals surface area contributed by atoms with Crippen LogP contribution in [0, 0.1) is 5.41 Å². The summed E-state index contributed by atoms with van der Waals surface area (Å²) in [6.07, 6.45) is 0. The van der Waals surface area contributed by atoms with Crippen molar-refractivity contribution in [1.82, 2.24) is 16.0 Å². The zero-order valence-corrected chi connectivity index (χ0v) is 14.0. The monoisotopic (exact) mass is 306 g/mol. The first-order chi connectivity index (χ1) is 10.4. The van der Waals surface area contributed by atoms with E-state index < -0.39 is 5.41 Å². The molecule has 6 nitrogen and oxygen atoms in total. The van der Waals surface area contributed by atoms with E-state index in [4.69, 9.17) is 4.74 Å². The van der Waals surface area contributed by atoms with E-state index in [2.05, 4.69) is 20.9 Å². The van der Waals surface area contributed by atoms with Gasteiger partial charge in [-0.2, -0.15) is 0 Å². The van der Waals surface area contributed by atoms with Crippen LogP contribution < -0.4 is 20.7 Å². The molecule has 0 atom stereocenters. The number of aliphatic imine (C=N–C) groups is 1. The largest absolute Gasteiger partial charge is 0.497 e. The number of amides is 1. The Kier molecular flexibility index (Phi) is 6.69. The van der Waals surface area contributed by atoms with Gasteiger partial charge in [0.15, 0.2) is 5.96 Å². The Labute approximate surface area is 132 Å². The number of nitrogens with one attached hydrogen (secondary N) is 3. The number of rotatable bonds is 6. The second-order valence-electron chi connectivity index (χ2n) is 5.59. The predicted molar refractivity (Wildman–Crippen MR) is 89.0 cm³/mol. The van der Waals surface area contributed by atoms with Crippen LogP contribution in [-0.4, -0.2) is 39.6 Å². The maximum atomic E-state index is 11.8.